The number of aliphatic hydroxyl groups excluding tert-OH is 2. The van der Waals surface area contributed by atoms with Crippen molar-refractivity contribution < 1.29 is 29.2 Å². The number of rotatable bonds is 11. The van der Waals surface area contributed by atoms with E-state index in [1.807, 2.05) is 6.92 Å². The quantitative estimate of drug-likeness (QED) is 0.391. The van der Waals surface area contributed by atoms with E-state index in [1.54, 1.807) is 7.11 Å². The van der Waals surface area contributed by atoms with E-state index in [2.05, 4.69) is 0 Å². The van der Waals surface area contributed by atoms with Crippen LogP contribution in [0.1, 0.15) is 13.8 Å². The summed E-state index contributed by atoms with van der Waals surface area (Å²) in [5.41, 5.74) is 0. The van der Waals surface area contributed by atoms with Crippen LogP contribution in [0.3, 0.4) is 0 Å². The molecule has 0 aliphatic carbocycles. The summed E-state index contributed by atoms with van der Waals surface area (Å²) in [7, 11) is 1.54. The molecule has 6 nitrogen and oxygen atoms in total. The van der Waals surface area contributed by atoms with Gasteiger partial charge in [0.05, 0.1) is 33.0 Å². The van der Waals surface area contributed by atoms with Gasteiger partial charge in [-0.15, -0.1) is 0 Å². The molecule has 6 heteroatoms. The predicted molar refractivity (Wildman–Crippen MR) is 61.8 cm³/mol. The maximum Gasteiger partial charge on any atom is 0.218 e. The van der Waals surface area contributed by atoms with Crippen molar-refractivity contribution in [3.63, 3.8) is 0 Å². The monoisotopic (exact) mass is 252 g/mol. The molecule has 0 saturated carbocycles. The van der Waals surface area contributed by atoms with Crippen LogP contribution in [0.15, 0.2) is 0 Å². The molecule has 0 radical (unpaired) electrons. The summed E-state index contributed by atoms with van der Waals surface area (Å²) < 4.78 is 20.7. The van der Waals surface area contributed by atoms with Crippen LogP contribution >= 0.6 is 0 Å². The van der Waals surface area contributed by atoms with E-state index in [-0.39, 0.29) is 13.2 Å². The predicted octanol–water partition coefficient (Wildman–Crippen LogP) is -0.228. The zero-order chi connectivity index (χ0) is 13.1. The molecular formula is C11H24O6. The van der Waals surface area contributed by atoms with E-state index in [0.29, 0.717) is 19.8 Å². The molecule has 0 aromatic heterocycles. The van der Waals surface area contributed by atoms with Crippen molar-refractivity contribution in [2.45, 2.75) is 25.7 Å². The van der Waals surface area contributed by atoms with Crippen molar-refractivity contribution in [2.75, 3.05) is 46.8 Å². The van der Waals surface area contributed by atoms with E-state index in [4.69, 9.17) is 18.9 Å². The van der Waals surface area contributed by atoms with Crippen LogP contribution in [0.4, 0.5) is 0 Å². The molecule has 2 unspecified atom stereocenters. The fourth-order valence-electron chi connectivity index (χ4n) is 1.22. The minimum atomic E-state index is -1.41. The Balaban J connectivity index is 4.17. The molecule has 0 aromatic carbocycles. The summed E-state index contributed by atoms with van der Waals surface area (Å²) in [6.07, 6.45) is -0.953. The van der Waals surface area contributed by atoms with E-state index in [1.165, 1.54) is 6.92 Å². The van der Waals surface area contributed by atoms with Crippen LogP contribution in [0.5, 0.6) is 0 Å². The Hall–Kier alpha value is -0.240. The molecule has 0 saturated heterocycles. The van der Waals surface area contributed by atoms with Crippen molar-refractivity contribution in [3.05, 3.63) is 0 Å². The molecule has 104 valence electrons. The summed E-state index contributed by atoms with van der Waals surface area (Å²) in [5, 5.41) is 18.9. The second-order valence-electron chi connectivity index (χ2n) is 3.53. The smallest absolute Gasteiger partial charge is 0.218 e. The van der Waals surface area contributed by atoms with Gasteiger partial charge < -0.3 is 29.2 Å². The Bertz CT molecular complexity index is 175. The molecule has 0 aliphatic rings. The third-order valence-corrected chi connectivity index (χ3v) is 2.27. The van der Waals surface area contributed by atoms with Crippen LogP contribution in [0.2, 0.25) is 0 Å². The average molecular weight is 252 g/mol. The summed E-state index contributed by atoms with van der Waals surface area (Å²) in [5.74, 6) is -1.41. The van der Waals surface area contributed by atoms with Gasteiger partial charge in [0.15, 0.2) is 0 Å². The van der Waals surface area contributed by atoms with Gasteiger partial charge in [0, 0.05) is 13.7 Å². The molecular weight excluding hydrogens is 228 g/mol. The highest BCUT2D eigenvalue weighted by atomic mass is 16.7. The molecule has 17 heavy (non-hydrogen) atoms. The van der Waals surface area contributed by atoms with E-state index >= 15 is 0 Å². The topological polar surface area (TPSA) is 77.4 Å². The highest BCUT2D eigenvalue weighted by molar-refractivity contribution is 4.75. The number of hydrogen-bond acceptors (Lipinski definition) is 6. The van der Waals surface area contributed by atoms with Crippen LogP contribution < -0.4 is 0 Å². The first-order chi connectivity index (χ1) is 8.13. The van der Waals surface area contributed by atoms with Crippen molar-refractivity contribution in [3.8, 4) is 0 Å². The molecule has 2 atom stereocenters. The van der Waals surface area contributed by atoms with Gasteiger partial charge in [-0.3, -0.25) is 0 Å². The molecule has 0 amide bonds. The van der Waals surface area contributed by atoms with Crippen molar-refractivity contribution in [1.29, 1.82) is 0 Å². The second-order valence-corrected chi connectivity index (χ2v) is 3.53. The standard InChI is InChI=1S/C11H24O6/c1-4-15-6-8-17-11(9-12,10(2)13)16-7-5-14-3/h10,12-13H,4-9H2,1-3H3. The van der Waals surface area contributed by atoms with E-state index < -0.39 is 18.5 Å². The lowest BCUT2D eigenvalue weighted by atomic mass is 10.2. The largest absolute Gasteiger partial charge is 0.391 e. The molecule has 0 fully saturated rings. The lowest BCUT2D eigenvalue weighted by Crippen LogP contribution is -2.50. The first-order valence-corrected chi connectivity index (χ1v) is 5.76. The normalized spacial score (nSPS) is 16.8. The maximum atomic E-state index is 9.63. The van der Waals surface area contributed by atoms with Gasteiger partial charge in [-0.05, 0) is 13.8 Å². The van der Waals surface area contributed by atoms with E-state index in [9.17, 15) is 10.2 Å². The van der Waals surface area contributed by atoms with Crippen LogP contribution in [-0.4, -0.2) is 68.9 Å². The van der Waals surface area contributed by atoms with Gasteiger partial charge in [-0.25, -0.2) is 0 Å². The van der Waals surface area contributed by atoms with Crippen LogP contribution in [0, 0.1) is 0 Å². The Morgan fingerprint density at radius 1 is 1.12 bits per heavy atom. The molecule has 2 N–H and O–H groups in total. The molecule has 0 aliphatic heterocycles. The minimum absolute atomic E-state index is 0.233. The van der Waals surface area contributed by atoms with Crippen molar-refractivity contribution in [2.24, 2.45) is 0 Å². The zero-order valence-electron chi connectivity index (χ0n) is 10.8. The summed E-state index contributed by atoms with van der Waals surface area (Å²) in [6.45, 7) is 4.77. The van der Waals surface area contributed by atoms with Crippen LogP contribution in [-0.2, 0) is 18.9 Å². The fraction of sp³-hybridized carbons (Fsp3) is 1.00. The zero-order valence-corrected chi connectivity index (χ0v) is 10.8. The number of aliphatic hydroxyl groups is 2. The fourth-order valence-corrected chi connectivity index (χ4v) is 1.22. The molecule has 0 aromatic rings. The third-order valence-electron chi connectivity index (χ3n) is 2.27. The minimum Gasteiger partial charge on any atom is -0.391 e. The molecule has 0 bridgehead atoms. The summed E-state index contributed by atoms with van der Waals surface area (Å²) in [4.78, 5) is 0. The Morgan fingerprint density at radius 3 is 2.12 bits per heavy atom. The summed E-state index contributed by atoms with van der Waals surface area (Å²) in [6, 6.07) is 0. The van der Waals surface area contributed by atoms with Gasteiger partial charge in [0.1, 0.15) is 6.10 Å². The maximum absolute atomic E-state index is 9.63. The van der Waals surface area contributed by atoms with Gasteiger partial charge in [0.2, 0.25) is 5.79 Å². The molecule has 0 spiro atoms. The highest BCUT2D eigenvalue weighted by Crippen LogP contribution is 2.18. The second kappa shape index (κ2) is 9.76. The van der Waals surface area contributed by atoms with Gasteiger partial charge in [-0.2, -0.15) is 0 Å². The number of ether oxygens (including phenoxy) is 4. The lowest BCUT2D eigenvalue weighted by molar-refractivity contribution is -0.299. The Morgan fingerprint density at radius 2 is 1.71 bits per heavy atom. The first kappa shape index (κ1) is 16.8. The van der Waals surface area contributed by atoms with Crippen molar-refractivity contribution >= 4 is 0 Å². The van der Waals surface area contributed by atoms with Gasteiger partial charge in [-0.1, -0.05) is 0 Å². The van der Waals surface area contributed by atoms with Gasteiger partial charge >= 0.3 is 0 Å². The number of hydrogen-bond donors (Lipinski definition) is 2. The molecule has 0 heterocycles. The SMILES string of the molecule is CCOCCOC(CO)(OCCOC)C(C)O. The highest BCUT2D eigenvalue weighted by Gasteiger charge is 2.37. The first-order valence-electron chi connectivity index (χ1n) is 5.76. The van der Waals surface area contributed by atoms with Crippen molar-refractivity contribution in [1.82, 2.24) is 0 Å². The Kier molecular flexibility index (Phi) is 9.62. The third kappa shape index (κ3) is 6.30. The molecule has 0 rings (SSSR count). The van der Waals surface area contributed by atoms with Crippen LogP contribution in [0.25, 0.3) is 0 Å². The lowest BCUT2D eigenvalue weighted by Gasteiger charge is -2.34. The van der Waals surface area contributed by atoms with Gasteiger partial charge in [0.25, 0.3) is 0 Å². The van der Waals surface area contributed by atoms with E-state index in [0.717, 1.165) is 0 Å². The summed E-state index contributed by atoms with van der Waals surface area (Å²) >= 11 is 0. The Labute approximate surface area is 102 Å². The average Bonchev–Trinajstić information content (AvgIpc) is 2.32. The number of methoxy groups -OCH3 is 1.